The Morgan fingerprint density at radius 3 is 2.27 bits per heavy atom. The van der Waals surface area contributed by atoms with Crippen LogP contribution in [0.3, 0.4) is 0 Å². The van der Waals surface area contributed by atoms with Gasteiger partial charge in [-0.25, -0.2) is 4.79 Å². The molecule has 1 aromatic rings. The van der Waals surface area contributed by atoms with Crippen LogP contribution in [0.5, 0.6) is 0 Å². The minimum Gasteiger partial charge on any atom is -0.481 e. The van der Waals surface area contributed by atoms with Crippen LogP contribution in [0, 0.1) is 5.92 Å². The monoisotopic (exact) mass is 361 g/mol. The third-order valence-corrected chi connectivity index (χ3v) is 5.31. The van der Waals surface area contributed by atoms with Crippen LogP contribution in [0.25, 0.3) is 0 Å². The predicted molar refractivity (Wildman–Crippen MR) is 102 cm³/mol. The summed E-state index contributed by atoms with van der Waals surface area (Å²) in [4.78, 5) is 25.6. The van der Waals surface area contributed by atoms with Crippen molar-refractivity contribution in [1.29, 1.82) is 0 Å². The number of likely N-dealkylation sites (N-methyl/N-ethyl adjacent to an activating group) is 1. The number of carbonyl (C=O) groups is 2. The van der Waals surface area contributed by atoms with Gasteiger partial charge in [0.25, 0.3) is 0 Å². The number of carboxylic acids is 1. The van der Waals surface area contributed by atoms with Crippen molar-refractivity contribution >= 4 is 12.0 Å². The molecule has 144 valence electrons. The molecular formula is C20H31N3O3. The number of benzene rings is 1. The first-order valence-corrected chi connectivity index (χ1v) is 9.61. The molecule has 26 heavy (non-hydrogen) atoms. The summed E-state index contributed by atoms with van der Waals surface area (Å²) in [5.41, 5.74) is 1.19. The average molecular weight is 361 g/mol. The molecule has 1 aromatic carbocycles. The molecule has 0 spiro atoms. The maximum atomic E-state index is 12.3. The molecule has 2 amide bonds. The molecule has 2 rings (SSSR count). The number of hydrogen-bond acceptors (Lipinski definition) is 3. The van der Waals surface area contributed by atoms with Gasteiger partial charge in [0.05, 0.1) is 12.0 Å². The average Bonchev–Trinajstić information content (AvgIpc) is 2.66. The van der Waals surface area contributed by atoms with E-state index in [0.717, 1.165) is 25.9 Å². The van der Waals surface area contributed by atoms with Crippen molar-refractivity contribution in [2.24, 2.45) is 5.92 Å². The molecule has 6 heteroatoms. The zero-order valence-corrected chi connectivity index (χ0v) is 15.8. The number of urea groups is 1. The second kappa shape index (κ2) is 10.2. The number of aliphatic carboxylic acids is 1. The van der Waals surface area contributed by atoms with E-state index in [1.807, 2.05) is 18.2 Å². The zero-order chi connectivity index (χ0) is 18.9. The van der Waals surface area contributed by atoms with Gasteiger partial charge in [-0.05, 0) is 44.3 Å². The minimum atomic E-state index is -0.724. The van der Waals surface area contributed by atoms with Gasteiger partial charge in [0.15, 0.2) is 0 Å². The van der Waals surface area contributed by atoms with Crippen LogP contribution < -0.4 is 10.6 Å². The largest absolute Gasteiger partial charge is 0.481 e. The third-order valence-electron chi connectivity index (χ3n) is 5.31. The Hall–Kier alpha value is -2.08. The van der Waals surface area contributed by atoms with Crippen LogP contribution in [0.4, 0.5) is 4.79 Å². The number of nitrogens with one attached hydrogen (secondary N) is 2. The highest BCUT2D eigenvalue weighted by Crippen LogP contribution is 2.24. The molecule has 6 nitrogen and oxygen atoms in total. The van der Waals surface area contributed by atoms with Gasteiger partial charge in [-0.3, -0.25) is 9.69 Å². The van der Waals surface area contributed by atoms with E-state index in [-0.39, 0.29) is 24.0 Å². The first-order chi connectivity index (χ1) is 12.5. The van der Waals surface area contributed by atoms with E-state index < -0.39 is 5.97 Å². The van der Waals surface area contributed by atoms with Crippen LogP contribution in [0.1, 0.15) is 51.1 Å². The van der Waals surface area contributed by atoms with Crippen molar-refractivity contribution < 1.29 is 14.7 Å². The van der Waals surface area contributed by atoms with E-state index >= 15 is 0 Å². The second-order valence-corrected chi connectivity index (χ2v) is 6.89. The Morgan fingerprint density at radius 1 is 1.12 bits per heavy atom. The second-order valence-electron chi connectivity index (χ2n) is 6.89. The lowest BCUT2D eigenvalue weighted by molar-refractivity contribution is -0.142. The highest BCUT2D eigenvalue weighted by molar-refractivity contribution is 5.74. The molecule has 0 bridgehead atoms. The van der Waals surface area contributed by atoms with Crippen molar-refractivity contribution in [3.8, 4) is 0 Å². The fourth-order valence-electron chi connectivity index (χ4n) is 3.71. The van der Waals surface area contributed by atoms with Crippen LogP contribution >= 0.6 is 0 Å². The van der Waals surface area contributed by atoms with E-state index in [0.29, 0.717) is 19.4 Å². The summed E-state index contributed by atoms with van der Waals surface area (Å²) in [5, 5.41) is 15.1. The number of rotatable bonds is 8. The van der Waals surface area contributed by atoms with Crippen molar-refractivity contribution in [2.45, 2.75) is 51.6 Å². The highest BCUT2D eigenvalue weighted by Gasteiger charge is 2.27. The molecule has 0 heterocycles. The van der Waals surface area contributed by atoms with Crippen LogP contribution in [-0.2, 0) is 4.79 Å². The Labute approximate surface area is 156 Å². The molecule has 3 N–H and O–H groups in total. The Morgan fingerprint density at radius 2 is 1.73 bits per heavy atom. The lowest BCUT2D eigenvalue weighted by Crippen LogP contribution is -2.46. The van der Waals surface area contributed by atoms with Crippen molar-refractivity contribution in [3.63, 3.8) is 0 Å². The number of carbonyl (C=O) groups excluding carboxylic acids is 1. The number of carboxylic acid groups (broad SMARTS) is 1. The third kappa shape index (κ3) is 5.73. The van der Waals surface area contributed by atoms with E-state index in [1.54, 1.807) is 0 Å². The van der Waals surface area contributed by atoms with Gasteiger partial charge in [0, 0.05) is 12.6 Å². The van der Waals surface area contributed by atoms with Gasteiger partial charge in [-0.1, -0.05) is 44.2 Å². The molecule has 1 aliphatic carbocycles. The van der Waals surface area contributed by atoms with E-state index in [1.165, 1.54) is 5.56 Å². The lowest BCUT2D eigenvalue weighted by atomic mass is 9.86. The van der Waals surface area contributed by atoms with Gasteiger partial charge in [0.1, 0.15) is 0 Å². The number of hydrogen-bond donors (Lipinski definition) is 3. The van der Waals surface area contributed by atoms with Gasteiger partial charge >= 0.3 is 12.0 Å². The first-order valence-electron chi connectivity index (χ1n) is 9.61. The summed E-state index contributed by atoms with van der Waals surface area (Å²) in [7, 11) is 0. The fraction of sp³-hybridized carbons (Fsp3) is 0.600. The minimum absolute atomic E-state index is 0.0641. The SMILES string of the molecule is CCN(CC)C(CNC(=O)NC1CCC(C(=O)O)CC1)c1ccccc1. The molecule has 0 saturated heterocycles. The summed E-state index contributed by atoms with van der Waals surface area (Å²) >= 11 is 0. The van der Waals surface area contributed by atoms with Gasteiger partial charge in [0.2, 0.25) is 0 Å². The van der Waals surface area contributed by atoms with Gasteiger partial charge in [-0.15, -0.1) is 0 Å². The van der Waals surface area contributed by atoms with E-state index in [4.69, 9.17) is 5.11 Å². The molecular weight excluding hydrogens is 330 g/mol. The van der Waals surface area contributed by atoms with Crippen molar-refractivity contribution in [2.75, 3.05) is 19.6 Å². The quantitative estimate of drug-likeness (QED) is 0.665. The number of amides is 2. The Balaban J connectivity index is 1.86. The van der Waals surface area contributed by atoms with Crippen LogP contribution in [0.15, 0.2) is 30.3 Å². The molecule has 0 radical (unpaired) electrons. The molecule has 1 saturated carbocycles. The molecule has 0 aliphatic heterocycles. The van der Waals surface area contributed by atoms with Crippen LogP contribution in [0.2, 0.25) is 0 Å². The standard InChI is InChI=1S/C20H31N3O3/c1-3-23(4-2)18(15-8-6-5-7-9-15)14-21-20(26)22-17-12-10-16(11-13-17)19(24)25/h5-9,16-18H,3-4,10-14H2,1-2H3,(H,24,25)(H2,21,22,26). The lowest BCUT2D eigenvalue weighted by Gasteiger charge is -2.31. The van der Waals surface area contributed by atoms with Crippen molar-refractivity contribution in [1.82, 2.24) is 15.5 Å². The highest BCUT2D eigenvalue weighted by atomic mass is 16.4. The molecule has 1 aliphatic rings. The molecule has 1 unspecified atom stereocenters. The topological polar surface area (TPSA) is 81.7 Å². The van der Waals surface area contributed by atoms with E-state index in [9.17, 15) is 9.59 Å². The zero-order valence-electron chi connectivity index (χ0n) is 15.8. The number of nitrogens with zero attached hydrogens (tertiary/aromatic N) is 1. The van der Waals surface area contributed by atoms with Crippen LogP contribution in [-0.4, -0.2) is 47.7 Å². The maximum absolute atomic E-state index is 12.3. The van der Waals surface area contributed by atoms with Gasteiger partial charge < -0.3 is 15.7 Å². The Kier molecular flexibility index (Phi) is 7.91. The predicted octanol–water partition coefficient (Wildman–Crippen LogP) is 3.01. The molecule has 1 atom stereocenters. The molecule has 0 aromatic heterocycles. The van der Waals surface area contributed by atoms with Gasteiger partial charge in [-0.2, -0.15) is 0 Å². The van der Waals surface area contributed by atoms with Crippen molar-refractivity contribution in [3.05, 3.63) is 35.9 Å². The Bertz CT molecular complexity index is 567. The summed E-state index contributed by atoms with van der Waals surface area (Å²) in [5.74, 6) is -0.987. The summed E-state index contributed by atoms with van der Waals surface area (Å²) < 4.78 is 0. The smallest absolute Gasteiger partial charge is 0.315 e. The van der Waals surface area contributed by atoms with E-state index in [2.05, 4.69) is 41.5 Å². The summed E-state index contributed by atoms with van der Waals surface area (Å²) in [6, 6.07) is 10.3. The maximum Gasteiger partial charge on any atom is 0.315 e. The fourth-order valence-corrected chi connectivity index (χ4v) is 3.71. The summed E-state index contributed by atoms with van der Waals surface area (Å²) in [6.45, 7) is 6.62. The normalized spacial score (nSPS) is 21.2. The first kappa shape index (κ1) is 20.2. The summed E-state index contributed by atoms with van der Waals surface area (Å²) in [6.07, 6.45) is 2.71. The molecule has 1 fully saturated rings.